The van der Waals surface area contributed by atoms with Crippen molar-refractivity contribution in [2.75, 3.05) is 0 Å². The number of amides is 1. The van der Waals surface area contributed by atoms with Gasteiger partial charge in [-0.2, -0.15) is 0 Å². The predicted molar refractivity (Wildman–Crippen MR) is 66.2 cm³/mol. The molecule has 2 nitrogen and oxygen atoms in total. The van der Waals surface area contributed by atoms with Crippen LogP contribution in [-0.2, 0) is 4.79 Å². The lowest BCUT2D eigenvalue weighted by Crippen LogP contribution is -2.46. The molecule has 1 aliphatic rings. The molecule has 1 saturated heterocycles. The van der Waals surface area contributed by atoms with Crippen LogP contribution >= 0.6 is 0 Å². The largest absolute Gasteiger partial charge is 0.353 e. The molecule has 2 heteroatoms. The summed E-state index contributed by atoms with van der Waals surface area (Å²) in [5.41, 5.74) is 0. The van der Waals surface area contributed by atoms with E-state index in [4.69, 9.17) is 0 Å². The lowest BCUT2D eigenvalue weighted by Gasteiger charge is -2.21. The van der Waals surface area contributed by atoms with Crippen LogP contribution in [0.2, 0.25) is 0 Å². The summed E-state index contributed by atoms with van der Waals surface area (Å²) in [5, 5.41) is 5.29. The molecule has 0 radical (unpaired) electrons. The van der Waals surface area contributed by atoms with E-state index in [0.29, 0.717) is 6.04 Å². The number of fused-ring (bicyclic) bond motifs is 1. The van der Waals surface area contributed by atoms with E-state index in [0.717, 1.165) is 6.42 Å². The van der Waals surface area contributed by atoms with Gasteiger partial charge in [-0.1, -0.05) is 48.5 Å². The Morgan fingerprint density at radius 1 is 1.00 bits per heavy atom. The van der Waals surface area contributed by atoms with Gasteiger partial charge in [0.15, 0.2) is 0 Å². The van der Waals surface area contributed by atoms with Gasteiger partial charge in [0, 0.05) is 12.5 Å². The molecule has 1 aliphatic heterocycles. The van der Waals surface area contributed by atoms with Gasteiger partial charge in [-0.15, -0.1) is 0 Å². The molecule has 2 aromatic rings. The summed E-state index contributed by atoms with van der Waals surface area (Å²) in [5.74, 6) is 0.183. The zero-order valence-electron chi connectivity index (χ0n) is 9.31. The molecule has 0 spiro atoms. The van der Waals surface area contributed by atoms with E-state index in [-0.39, 0.29) is 5.91 Å². The third-order valence-electron chi connectivity index (χ3n) is 2.56. The van der Waals surface area contributed by atoms with Crippen LogP contribution in [0.15, 0.2) is 48.5 Å². The Bertz CT molecular complexity index is 419. The van der Waals surface area contributed by atoms with Crippen LogP contribution in [0.5, 0.6) is 0 Å². The Morgan fingerprint density at radius 3 is 1.56 bits per heavy atom. The fourth-order valence-corrected chi connectivity index (χ4v) is 1.66. The molecular formula is C14H15NO. The second-order valence-corrected chi connectivity index (χ2v) is 4.02. The van der Waals surface area contributed by atoms with Gasteiger partial charge in [-0.3, -0.25) is 4.79 Å². The van der Waals surface area contributed by atoms with Crippen LogP contribution in [0, 0.1) is 0 Å². The number of β-lactam (4-membered cyclic amide) rings is 1. The average molecular weight is 213 g/mol. The third kappa shape index (κ3) is 2.60. The molecule has 0 bridgehead atoms. The molecule has 16 heavy (non-hydrogen) atoms. The molecule has 1 atom stereocenters. The number of hydrogen-bond donors (Lipinski definition) is 1. The van der Waals surface area contributed by atoms with Gasteiger partial charge < -0.3 is 5.32 Å². The Labute approximate surface area is 95.3 Å². The van der Waals surface area contributed by atoms with Gasteiger partial charge in [-0.25, -0.2) is 0 Å². The molecule has 0 saturated carbocycles. The fourth-order valence-electron chi connectivity index (χ4n) is 1.66. The van der Waals surface area contributed by atoms with Crippen molar-refractivity contribution in [2.24, 2.45) is 0 Å². The second-order valence-electron chi connectivity index (χ2n) is 4.02. The van der Waals surface area contributed by atoms with Crippen LogP contribution in [-0.4, -0.2) is 11.9 Å². The van der Waals surface area contributed by atoms with Crippen molar-refractivity contribution in [3.05, 3.63) is 48.5 Å². The molecule has 2 aromatic carbocycles. The standard InChI is InChI=1S/C10H8.C4H7NO/c1-2-6-10-8-4-3-7-9(10)5-1;1-3-2-4(6)5-3/h1-8H;3H,2H2,1H3,(H,5,6). The summed E-state index contributed by atoms with van der Waals surface area (Å²) in [6.07, 6.45) is 0.722. The van der Waals surface area contributed by atoms with Gasteiger partial charge in [-0.05, 0) is 17.7 Å². The van der Waals surface area contributed by atoms with E-state index in [9.17, 15) is 4.79 Å². The highest BCUT2D eigenvalue weighted by Crippen LogP contribution is 2.11. The Morgan fingerprint density at radius 2 is 1.38 bits per heavy atom. The number of nitrogens with one attached hydrogen (secondary N) is 1. The van der Waals surface area contributed by atoms with Crippen LogP contribution < -0.4 is 5.32 Å². The molecule has 0 aromatic heterocycles. The zero-order chi connectivity index (χ0) is 11.4. The van der Waals surface area contributed by atoms with Crippen molar-refractivity contribution in [3.8, 4) is 0 Å². The van der Waals surface area contributed by atoms with Crippen molar-refractivity contribution in [1.82, 2.24) is 5.32 Å². The minimum atomic E-state index is 0.183. The molecule has 82 valence electrons. The number of carbonyl (C=O) groups excluding carboxylic acids is 1. The van der Waals surface area contributed by atoms with E-state index in [2.05, 4.69) is 53.8 Å². The van der Waals surface area contributed by atoms with Crippen molar-refractivity contribution in [2.45, 2.75) is 19.4 Å². The van der Waals surface area contributed by atoms with Crippen LogP contribution in [0.4, 0.5) is 0 Å². The molecule has 1 fully saturated rings. The number of rotatable bonds is 0. The molecular weight excluding hydrogens is 198 g/mol. The first kappa shape index (κ1) is 10.7. The van der Waals surface area contributed by atoms with Gasteiger partial charge in [0.05, 0.1) is 0 Å². The maximum atomic E-state index is 10.00. The van der Waals surface area contributed by atoms with Gasteiger partial charge in [0.2, 0.25) is 5.91 Å². The van der Waals surface area contributed by atoms with Crippen LogP contribution in [0.1, 0.15) is 13.3 Å². The Kier molecular flexibility index (Phi) is 3.20. The first-order valence-electron chi connectivity index (χ1n) is 5.49. The smallest absolute Gasteiger partial charge is 0.222 e. The maximum absolute atomic E-state index is 10.00. The summed E-state index contributed by atoms with van der Waals surface area (Å²) in [6, 6.07) is 17.2. The normalized spacial score (nSPS) is 18.1. The first-order chi connectivity index (χ1) is 7.75. The highest BCUT2D eigenvalue weighted by atomic mass is 16.2. The summed E-state index contributed by atoms with van der Waals surface area (Å²) in [6.45, 7) is 1.99. The van der Waals surface area contributed by atoms with Gasteiger partial charge >= 0.3 is 0 Å². The Hall–Kier alpha value is -1.83. The Balaban J connectivity index is 0.000000138. The zero-order valence-corrected chi connectivity index (χ0v) is 9.31. The van der Waals surface area contributed by atoms with Crippen molar-refractivity contribution in [3.63, 3.8) is 0 Å². The summed E-state index contributed by atoms with van der Waals surface area (Å²) in [4.78, 5) is 10.00. The molecule has 1 N–H and O–H groups in total. The second kappa shape index (κ2) is 4.79. The van der Waals surface area contributed by atoms with Crippen LogP contribution in [0.25, 0.3) is 10.8 Å². The SMILES string of the molecule is CC1CC(=O)N1.c1ccc2ccccc2c1. The number of hydrogen-bond acceptors (Lipinski definition) is 1. The average Bonchev–Trinajstić information content (AvgIpc) is 2.29. The molecule has 1 unspecified atom stereocenters. The maximum Gasteiger partial charge on any atom is 0.222 e. The minimum absolute atomic E-state index is 0.183. The lowest BCUT2D eigenvalue weighted by molar-refractivity contribution is -0.127. The first-order valence-corrected chi connectivity index (χ1v) is 5.49. The van der Waals surface area contributed by atoms with Crippen molar-refractivity contribution >= 4 is 16.7 Å². The molecule has 1 amide bonds. The third-order valence-corrected chi connectivity index (χ3v) is 2.56. The van der Waals surface area contributed by atoms with E-state index < -0.39 is 0 Å². The molecule has 0 aliphatic carbocycles. The van der Waals surface area contributed by atoms with E-state index in [1.54, 1.807) is 0 Å². The monoisotopic (exact) mass is 213 g/mol. The predicted octanol–water partition coefficient (Wildman–Crippen LogP) is 2.73. The van der Waals surface area contributed by atoms with Crippen LogP contribution in [0.3, 0.4) is 0 Å². The van der Waals surface area contributed by atoms with Gasteiger partial charge in [0.1, 0.15) is 0 Å². The minimum Gasteiger partial charge on any atom is -0.353 e. The van der Waals surface area contributed by atoms with Crippen molar-refractivity contribution in [1.29, 1.82) is 0 Å². The van der Waals surface area contributed by atoms with Gasteiger partial charge in [0.25, 0.3) is 0 Å². The molecule has 3 rings (SSSR count). The number of benzene rings is 2. The number of carbonyl (C=O) groups is 1. The van der Waals surface area contributed by atoms with E-state index in [1.807, 2.05) is 6.92 Å². The van der Waals surface area contributed by atoms with E-state index >= 15 is 0 Å². The molecule has 1 heterocycles. The quantitative estimate of drug-likeness (QED) is 0.670. The summed E-state index contributed by atoms with van der Waals surface area (Å²) < 4.78 is 0. The van der Waals surface area contributed by atoms with Crippen molar-refractivity contribution < 1.29 is 4.79 Å². The highest BCUT2D eigenvalue weighted by Gasteiger charge is 2.18. The fraction of sp³-hybridized carbons (Fsp3) is 0.214. The highest BCUT2D eigenvalue weighted by molar-refractivity contribution is 5.82. The topological polar surface area (TPSA) is 29.1 Å². The van der Waals surface area contributed by atoms with E-state index in [1.165, 1.54) is 10.8 Å². The summed E-state index contributed by atoms with van der Waals surface area (Å²) >= 11 is 0. The summed E-state index contributed by atoms with van der Waals surface area (Å²) in [7, 11) is 0. The lowest BCUT2D eigenvalue weighted by atomic mass is 10.1.